The molecule has 0 saturated heterocycles. The average molecular weight is 346 g/mol. The first kappa shape index (κ1) is 17.5. The van der Waals surface area contributed by atoms with E-state index in [2.05, 4.69) is 10.1 Å². The van der Waals surface area contributed by atoms with Crippen LogP contribution in [-0.4, -0.2) is 16.3 Å². The van der Waals surface area contributed by atoms with E-state index in [1.165, 1.54) is 24.3 Å². The highest BCUT2D eigenvalue weighted by Gasteiger charge is 2.39. The van der Waals surface area contributed by atoms with Crippen molar-refractivity contribution >= 4 is 24.1 Å². The minimum atomic E-state index is -4.52. The molecule has 1 aromatic heterocycles. The molecule has 1 aliphatic carbocycles. The van der Waals surface area contributed by atoms with Gasteiger partial charge in [0.25, 0.3) is 5.89 Å². The van der Waals surface area contributed by atoms with Crippen molar-refractivity contribution in [1.29, 1.82) is 0 Å². The minimum Gasteiger partial charge on any atom is -0.335 e. The van der Waals surface area contributed by atoms with Gasteiger partial charge in [-0.05, 0) is 24.8 Å². The first-order valence-corrected chi connectivity index (χ1v) is 6.86. The normalized spacial score (nSPS) is 17.3. The molecule has 2 aromatic rings. The summed E-state index contributed by atoms with van der Waals surface area (Å²) in [5.41, 5.74) is 4.58. The Labute approximate surface area is 137 Å². The van der Waals surface area contributed by atoms with Crippen LogP contribution >= 0.6 is 12.4 Å². The number of hydrogen-bond donors (Lipinski definition) is 1. The van der Waals surface area contributed by atoms with Crippen molar-refractivity contribution in [3.8, 4) is 0 Å². The molecule has 0 unspecified atom stereocenters. The molecule has 23 heavy (non-hydrogen) atoms. The van der Waals surface area contributed by atoms with Gasteiger partial charge in [0.1, 0.15) is 0 Å². The number of alkyl halides is 3. The number of nitrogens with zero attached hydrogens (tertiary/aromatic N) is 2. The Morgan fingerprint density at radius 1 is 1.22 bits per heavy atom. The van der Waals surface area contributed by atoms with Crippen molar-refractivity contribution in [1.82, 2.24) is 10.1 Å². The van der Waals surface area contributed by atoms with Crippen molar-refractivity contribution < 1.29 is 17.7 Å². The van der Waals surface area contributed by atoms with E-state index in [-0.39, 0.29) is 29.7 Å². The lowest BCUT2D eigenvalue weighted by atomic mass is 9.77. The van der Waals surface area contributed by atoms with Crippen molar-refractivity contribution in [2.45, 2.75) is 31.0 Å². The van der Waals surface area contributed by atoms with Crippen LogP contribution < -0.4 is 5.73 Å². The topological polar surface area (TPSA) is 64.9 Å². The summed E-state index contributed by atoms with van der Waals surface area (Å²) in [6.45, 7) is 0. The Morgan fingerprint density at radius 2 is 1.87 bits per heavy atom. The van der Waals surface area contributed by atoms with Gasteiger partial charge in [-0.3, -0.25) is 0 Å². The first-order valence-electron chi connectivity index (χ1n) is 6.86. The highest BCUT2D eigenvalue weighted by molar-refractivity contribution is 5.85. The van der Waals surface area contributed by atoms with Crippen molar-refractivity contribution in [3.63, 3.8) is 0 Å². The van der Waals surface area contributed by atoms with Gasteiger partial charge >= 0.3 is 6.18 Å². The second-order valence-electron chi connectivity index (χ2n) is 5.39. The predicted octanol–water partition coefficient (Wildman–Crippen LogP) is 3.93. The zero-order chi connectivity index (χ0) is 15.8. The molecule has 0 atom stereocenters. The van der Waals surface area contributed by atoms with E-state index < -0.39 is 17.3 Å². The third kappa shape index (κ3) is 3.56. The molecule has 1 heterocycles. The van der Waals surface area contributed by atoms with Crippen molar-refractivity contribution in [2.75, 3.05) is 0 Å². The number of hydrogen-bond acceptors (Lipinski definition) is 4. The van der Waals surface area contributed by atoms with Gasteiger partial charge in [0.15, 0.2) is 5.82 Å². The highest BCUT2D eigenvalue weighted by Crippen LogP contribution is 2.38. The van der Waals surface area contributed by atoms with Crippen LogP contribution in [0, 0.1) is 0 Å². The number of rotatable bonds is 3. The summed E-state index contributed by atoms with van der Waals surface area (Å²) in [4.78, 5) is 4.00. The molecule has 3 rings (SSSR count). The van der Waals surface area contributed by atoms with Gasteiger partial charge < -0.3 is 10.3 Å². The van der Waals surface area contributed by atoms with Crippen molar-refractivity contribution in [3.05, 3.63) is 47.6 Å². The van der Waals surface area contributed by atoms with Crippen LogP contribution in [0.4, 0.5) is 13.2 Å². The van der Waals surface area contributed by atoms with E-state index >= 15 is 0 Å². The summed E-state index contributed by atoms with van der Waals surface area (Å²) >= 11 is 0. The predicted molar refractivity (Wildman–Crippen MR) is 81.6 cm³/mol. The summed E-state index contributed by atoms with van der Waals surface area (Å²) in [5, 5.41) is 3.72. The van der Waals surface area contributed by atoms with Gasteiger partial charge in [-0.1, -0.05) is 35.5 Å². The molecule has 0 radical (unpaired) electrons. The quantitative estimate of drug-likeness (QED) is 0.915. The molecular formula is C15H15ClF3N3O. The Morgan fingerprint density at radius 3 is 2.39 bits per heavy atom. The van der Waals surface area contributed by atoms with E-state index in [0.29, 0.717) is 12.8 Å². The molecule has 0 bridgehead atoms. The van der Waals surface area contributed by atoms with Crippen LogP contribution in [0.1, 0.15) is 36.5 Å². The smallest absolute Gasteiger partial charge is 0.335 e. The van der Waals surface area contributed by atoms with E-state index in [9.17, 15) is 13.2 Å². The number of halogens is 4. The lowest BCUT2D eigenvalue weighted by Crippen LogP contribution is -2.44. The van der Waals surface area contributed by atoms with E-state index in [1.54, 1.807) is 6.07 Å². The third-order valence-corrected chi connectivity index (χ3v) is 3.79. The molecule has 1 saturated carbocycles. The van der Waals surface area contributed by atoms with Crippen molar-refractivity contribution in [2.24, 2.45) is 5.73 Å². The number of nitrogens with two attached hydrogens (primary N) is 1. The molecule has 0 aliphatic heterocycles. The second kappa shape index (κ2) is 6.33. The summed E-state index contributed by atoms with van der Waals surface area (Å²) < 4.78 is 44.6. The first-order chi connectivity index (χ1) is 10.4. The van der Waals surface area contributed by atoms with Gasteiger partial charge in [0, 0.05) is 6.08 Å². The zero-order valence-electron chi connectivity index (χ0n) is 12.0. The minimum absolute atomic E-state index is 0. The fourth-order valence-electron chi connectivity index (χ4n) is 2.35. The van der Waals surface area contributed by atoms with Crippen LogP contribution in [0.25, 0.3) is 11.6 Å². The second-order valence-corrected chi connectivity index (χ2v) is 5.39. The largest absolute Gasteiger partial charge is 0.417 e. The molecule has 0 spiro atoms. The molecule has 1 aliphatic rings. The number of benzene rings is 1. The maximum atomic E-state index is 13.2. The van der Waals surface area contributed by atoms with Gasteiger partial charge in [0.2, 0.25) is 0 Å². The SMILES string of the molecule is Cl.NC1(c2noc(/C=C(/c3ccccc3)C(F)(F)F)n2)CCC1. The molecule has 2 N–H and O–H groups in total. The van der Waals surface area contributed by atoms with E-state index in [1.807, 2.05) is 0 Å². The molecule has 8 heteroatoms. The average Bonchev–Trinajstić information content (AvgIpc) is 2.91. The fraction of sp³-hybridized carbons (Fsp3) is 0.333. The van der Waals surface area contributed by atoms with Crippen LogP contribution in [0.2, 0.25) is 0 Å². The molecule has 4 nitrogen and oxygen atoms in total. The molecule has 1 aromatic carbocycles. The van der Waals surface area contributed by atoms with E-state index in [4.69, 9.17) is 10.3 Å². The maximum Gasteiger partial charge on any atom is 0.417 e. The third-order valence-electron chi connectivity index (χ3n) is 3.79. The molecule has 1 fully saturated rings. The van der Waals surface area contributed by atoms with Gasteiger partial charge in [-0.15, -0.1) is 12.4 Å². The van der Waals surface area contributed by atoms with Crippen LogP contribution in [0.5, 0.6) is 0 Å². The number of aromatic nitrogens is 2. The summed E-state index contributed by atoms with van der Waals surface area (Å²) in [6, 6.07) is 7.49. The van der Waals surface area contributed by atoms with Crippen LogP contribution in [0.3, 0.4) is 0 Å². The van der Waals surface area contributed by atoms with Crippen LogP contribution in [0.15, 0.2) is 34.9 Å². The molecule has 124 valence electrons. The van der Waals surface area contributed by atoms with Crippen LogP contribution in [-0.2, 0) is 5.54 Å². The highest BCUT2D eigenvalue weighted by atomic mass is 35.5. The monoisotopic (exact) mass is 345 g/mol. The van der Waals surface area contributed by atoms with Gasteiger partial charge in [0.05, 0.1) is 11.1 Å². The Kier molecular flexibility index (Phi) is 4.81. The Hall–Kier alpha value is -1.86. The summed E-state index contributed by atoms with van der Waals surface area (Å²) in [6.07, 6.45) is -1.30. The zero-order valence-corrected chi connectivity index (χ0v) is 12.8. The summed E-state index contributed by atoms with van der Waals surface area (Å²) in [5.74, 6) is 0.0717. The standard InChI is InChI=1S/C15H14F3N3O.ClH/c16-15(17,18)11(10-5-2-1-3-6-10)9-12-20-13(21-22-12)14(19)7-4-8-14;/h1-3,5-6,9H,4,7-8,19H2;1H/b11-9-;. The van der Waals surface area contributed by atoms with Gasteiger partial charge in [-0.2, -0.15) is 18.2 Å². The number of allylic oxidation sites excluding steroid dienone is 1. The molecular weight excluding hydrogens is 331 g/mol. The summed E-state index contributed by atoms with van der Waals surface area (Å²) in [7, 11) is 0. The van der Waals surface area contributed by atoms with Gasteiger partial charge in [-0.25, -0.2) is 0 Å². The Balaban J connectivity index is 0.00000192. The Bertz CT molecular complexity index is 693. The van der Waals surface area contributed by atoms with E-state index in [0.717, 1.165) is 12.5 Å². The lowest BCUT2D eigenvalue weighted by molar-refractivity contribution is -0.0683. The molecule has 0 amide bonds. The maximum absolute atomic E-state index is 13.2. The lowest BCUT2D eigenvalue weighted by Gasteiger charge is -2.34. The fourth-order valence-corrected chi connectivity index (χ4v) is 2.35.